The Morgan fingerprint density at radius 2 is 1.57 bits per heavy atom. The molecule has 0 aliphatic heterocycles. The quantitative estimate of drug-likeness (QED) is 0.796. The molecule has 0 aromatic heterocycles. The number of anilines is 1. The van der Waals surface area contributed by atoms with Gasteiger partial charge in [-0.2, -0.15) is 0 Å². The Balaban J connectivity index is 1.83. The van der Waals surface area contributed by atoms with Crippen molar-refractivity contribution in [2.24, 2.45) is 0 Å². The van der Waals surface area contributed by atoms with Crippen LogP contribution < -0.4 is 10.1 Å². The summed E-state index contributed by atoms with van der Waals surface area (Å²) in [5.41, 5.74) is 0.787. The fourth-order valence-corrected chi connectivity index (χ4v) is 2.25. The maximum Gasteiger partial charge on any atom is 0.225 e. The molecule has 1 N–H and O–H groups in total. The van der Waals surface area contributed by atoms with Crippen LogP contribution in [0, 0.1) is 0 Å². The van der Waals surface area contributed by atoms with Gasteiger partial charge < -0.3 is 15.0 Å². The highest BCUT2D eigenvalue weighted by molar-refractivity contribution is 5.90. The number of carbonyl (C=O) groups is 1. The molecule has 0 unspecified atom stereocenters. The molecular weight excluding hydrogens is 288 g/mol. The molecule has 0 aliphatic rings. The van der Waals surface area contributed by atoms with Crippen molar-refractivity contribution >= 4 is 11.6 Å². The average molecular weight is 312 g/mol. The predicted octanol–water partition coefficient (Wildman–Crippen LogP) is 4.15. The van der Waals surface area contributed by atoms with Crippen molar-refractivity contribution < 1.29 is 9.53 Å². The maximum atomic E-state index is 12.0. The molecule has 4 heteroatoms. The summed E-state index contributed by atoms with van der Waals surface area (Å²) in [6.45, 7) is 6.93. The average Bonchev–Trinajstić information content (AvgIpc) is 2.58. The molecule has 1 amide bonds. The fraction of sp³-hybridized carbons (Fsp3) is 0.316. The Morgan fingerprint density at radius 3 is 2.17 bits per heavy atom. The van der Waals surface area contributed by atoms with Crippen molar-refractivity contribution in [1.29, 1.82) is 0 Å². The summed E-state index contributed by atoms with van der Waals surface area (Å²) >= 11 is 0. The highest BCUT2D eigenvalue weighted by Gasteiger charge is 2.06. The minimum absolute atomic E-state index is 0.0358. The van der Waals surface area contributed by atoms with Crippen molar-refractivity contribution in [3.63, 3.8) is 0 Å². The van der Waals surface area contributed by atoms with E-state index in [9.17, 15) is 4.79 Å². The molecule has 122 valence electrons. The summed E-state index contributed by atoms with van der Waals surface area (Å²) in [7, 11) is 0. The molecule has 0 atom stereocenters. The van der Waals surface area contributed by atoms with Crippen LogP contribution in [0.4, 0.5) is 5.69 Å². The zero-order valence-electron chi connectivity index (χ0n) is 13.8. The first-order valence-electron chi connectivity index (χ1n) is 8.06. The normalized spacial score (nSPS) is 10.6. The van der Waals surface area contributed by atoms with E-state index in [1.807, 2.05) is 54.6 Å². The van der Waals surface area contributed by atoms with Crippen molar-refractivity contribution in [1.82, 2.24) is 4.90 Å². The van der Waals surface area contributed by atoms with E-state index in [0.29, 0.717) is 6.42 Å². The number of para-hydroxylation sites is 1. The van der Waals surface area contributed by atoms with Crippen molar-refractivity contribution in [3.8, 4) is 11.5 Å². The maximum absolute atomic E-state index is 12.0. The molecule has 2 aromatic rings. The summed E-state index contributed by atoms with van der Waals surface area (Å²) in [4.78, 5) is 14.2. The van der Waals surface area contributed by atoms with Crippen LogP contribution in [0.3, 0.4) is 0 Å². The second-order valence-corrected chi connectivity index (χ2v) is 5.26. The van der Waals surface area contributed by atoms with E-state index in [0.717, 1.165) is 36.8 Å². The topological polar surface area (TPSA) is 41.6 Å². The molecule has 0 saturated heterocycles. The van der Waals surface area contributed by atoms with E-state index in [1.165, 1.54) is 0 Å². The smallest absolute Gasteiger partial charge is 0.225 e. The van der Waals surface area contributed by atoms with Gasteiger partial charge in [0.15, 0.2) is 0 Å². The SMILES string of the molecule is CCN(CC)CCC(=O)Nc1ccc(Oc2ccccc2)cc1. The Kier molecular flexibility index (Phi) is 6.63. The van der Waals surface area contributed by atoms with E-state index in [-0.39, 0.29) is 5.91 Å². The van der Waals surface area contributed by atoms with Crippen LogP contribution >= 0.6 is 0 Å². The summed E-state index contributed by atoms with van der Waals surface area (Å²) in [6, 6.07) is 17.0. The summed E-state index contributed by atoms with van der Waals surface area (Å²) in [5, 5.41) is 2.92. The summed E-state index contributed by atoms with van der Waals surface area (Å²) < 4.78 is 5.73. The molecule has 2 rings (SSSR count). The standard InChI is InChI=1S/C19H24N2O2/c1-3-21(4-2)15-14-19(22)20-16-10-12-18(13-11-16)23-17-8-6-5-7-9-17/h5-13H,3-4,14-15H2,1-2H3,(H,20,22). The van der Waals surface area contributed by atoms with E-state index in [1.54, 1.807) is 0 Å². The number of ether oxygens (including phenoxy) is 1. The molecular formula is C19H24N2O2. The van der Waals surface area contributed by atoms with E-state index < -0.39 is 0 Å². The first kappa shape index (κ1) is 17.0. The zero-order chi connectivity index (χ0) is 16.5. The number of hydrogen-bond donors (Lipinski definition) is 1. The monoisotopic (exact) mass is 312 g/mol. The van der Waals surface area contributed by atoms with Gasteiger partial charge in [0.25, 0.3) is 0 Å². The van der Waals surface area contributed by atoms with Gasteiger partial charge in [0.05, 0.1) is 0 Å². The third-order valence-electron chi connectivity index (χ3n) is 3.67. The number of carbonyl (C=O) groups excluding carboxylic acids is 1. The van der Waals surface area contributed by atoms with E-state index in [4.69, 9.17) is 4.74 Å². The van der Waals surface area contributed by atoms with Gasteiger partial charge in [-0.1, -0.05) is 32.0 Å². The Hall–Kier alpha value is -2.33. The van der Waals surface area contributed by atoms with Gasteiger partial charge in [-0.15, -0.1) is 0 Å². The molecule has 0 radical (unpaired) electrons. The van der Waals surface area contributed by atoms with Gasteiger partial charge in [0.1, 0.15) is 11.5 Å². The largest absolute Gasteiger partial charge is 0.457 e. The first-order valence-corrected chi connectivity index (χ1v) is 8.06. The predicted molar refractivity (Wildman–Crippen MR) is 94.0 cm³/mol. The molecule has 0 bridgehead atoms. The van der Waals surface area contributed by atoms with Crippen LogP contribution in [0.5, 0.6) is 11.5 Å². The van der Waals surface area contributed by atoms with Crippen LogP contribution in [-0.2, 0) is 4.79 Å². The molecule has 0 spiro atoms. The molecule has 2 aromatic carbocycles. The van der Waals surface area contributed by atoms with E-state index >= 15 is 0 Å². The first-order chi connectivity index (χ1) is 11.2. The summed E-state index contributed by atoms with van der Waals surface area (Å²) in [6.07, 6.45) is 0.504. The Bertz CT molecular complexity index is 593. The second-order valence-electron chi connectivity index (χ2n) is 5.26. The molecule has 0 fully saturated rings. The highest BCUT2D eigenvalue weighted by Crippen LogP contribution is 2.22. The third-order valence-corrected chi connectivity index (χ3v) is 3.67. The number of amides is 1. The lowest BCUT2D eigenvalue weighted by atomic mass is 10.2. The van der Waals surface area contributed by atoms with Gasteiger partial charge >= 0.3 is 0 Å². The lowest BCUT2D eigenvalue weighted by molar-refractivity contribution is -0.116. The van der Waals surface area contributed by atoms with Crippen LogP contribution in [0.1, 0.15) is 20.3 Å². The van der Waals surface area contributed by atoms with Gasteiger partial charge in [0.2, 0.25) is 5.91 Å². The van der Waals surface area contributed by atoms with Crippen LogP contribution in [-0.4, -0.2) is 30.4 Å². The van der Waals surface area contributed by atoms with Gasteiger partial charge in [-0.05, 0) is 49.5 Å². The van der Waals surface area contributed by atoms with Gasteiger partial charge in [-0.25, -0.2) is 0 Å². The van der Waals surface area contributed by atoms with Crippen LogP contribution in [0.2, 0.25) is 0 Å². The number of hydrogen-bond acceptors (Lipinski definition) is 3. The number of nitrogens with one attached hydrogen (secondary N) is 1. The molecule has 0 aliphatic carbocycles. The minimum Gasteiger partial charge on any atom is -0.457 e. The van der Waals surface area contributed by atoms with Crippen molar-refractivity contribution in [3.05, 3.63) is 54.6 Å². The summed E-state index contributed by atoms with van der Waals surface area (Å²) in [5.74, 6) is 1.58. The lowest BCUT2D eigenvalue weighted by Crippen LogP contribution is -2.27. The molecule has 0 saturated carbocycles. The van der Waals surface area contributed by atoms with Gasteiger partial charge in [0, 0.05) is 18.7 Å². The number of nitrogens with zero attached hydrogens (tertiary/aromatic N) is 1. The third kappa shape index (κ3) is 5.75. The van der Waals surface area contributed by atoms with Crippen molar-refractivity contribution in [2.75, 3.05) is 25.0 Å². The molecule has 4 nitrogen and oxygen atoms in total. The zero-order valence-corrected chi connectivity index (χ0v) is 13.8. The molecule has 23 heavy (non-hydrogen) atoms. The second kappa shape index (κ2) is 8.96. The van der Waals surface area contributed by atoms with Crippen molar-refractivity contribution in [2.45, 2.75) is 20.3 Å². The Labute approximate surface area is 138 Å². The van der Waals surface area contributed by atoms with Crippen LogP contribution in [0.25, 0.3) is 0 Å². The Morgan fingerprint density at radius 1 is 0.957 bits per heavy atom. The lowest BCUT2D eigenvalue weighted by Gasteiger charge is -2.17. The number of benzene rings is 2. The fourth-order valence-electron chi connectivity index (χ4n) is 2.25. The highest BCUT2D eigenvalue weighted by atomic mass is 16.5. The minimum atomic E-state index is 0.0358. The molecule has 0 heterocycles. The van der Waals surface area contributed by atoms with Gasteiger partial charge in [-0.3, -0.25) is 4.79 Å². The number of rotatable bonds is 8. The van der Waals surface area contributed by atoms with E-state index in [2.05, 4.69) is 24.1 Å². The van der Waals surface area contributed by atoms with Crippen LogP contribution in [0.15, 0.2) is 54.6 Å².